The topological polar surface area (TPSA) is 91.9 Å². The average Bonchev–Trinajstić information content (AvgIpc) is 2.47. The number of carbonyl (C=O) groups excluding carboxylic acids is 2. The summed E-state index contributed by atoms with van der Waals surface area (Å²) in [7, 11) is 0. The molecule has 0 unspecified atom stereocenters. The zero-order valence-electron chi connectivity index (χ0n) is 12.2. The number of hydrogen-bond donors (Lipinski definition) is 2. The molecular weight excluding hydrogens is 302 g/mol. The van der Waals surface area contributed by atoms with E-state index in [1.165, 1.54) is 18.7 Å². The first kappa shape index (κ1) is 16.0. The van der Waals surface area contributed by atoms with Gasteiger partial charge in [0.2, 0.25) is 0 Å². The highest BCUT2D eigenvalue weighted by Crippen LogP contribution is 2.16. The van der Waals surface area contributed by atoms with Crippen LogP contribution in [0.25, 0.3) is 0 Å². The predicted octanol–water partition coefficient (Wildman–Crippen LogP) is 2.09. The molecule has 2 rings (SSSR count). The van der Waals surface area contributed by atoms with Gasteiger partial charge in [-0.15, -0.1) is 0 Å². The van der Waals surface area contributed by atoms with Crippen molar-refractivity contribution in [2.45, 2.75) is 12.7 Å². The smallest absolute Gasteiger partial charge is 0.274 e. The van der Waals surface area contributed by atoms with E-state index in [4.69, 9.17) is 0 Å². The molecule has 7 heteroatoms. The SMILES string of the molecule is CSCc1nc(C(=O)Nc2ccccc2C(C)=O)cc(=O)[nH]1. The number of aromatic amines is 1. The van der Waals surface area contributed by atoms with Crippen LogP contribution in [0.3, 0.4) is 0 Å². The lowest BCUT2D eigenvalue weighted by molar-refractivity contribution is 0.101. The molecule has 0 aliphatic carbocycles. The lowest BCUT2D eigenvalue weighted by Gasteiger charge is -2.09. The maximum absolute atomic E-state index is 12.3. The van der Waals surface area contributed by atoms with Crippen LogP contribution in [0.1, 0.15) is 33.6 Å². The second-order valence-electron chi connectivity index (χ2n) is 4.57. The number of amides is 1. The van der Waals surface area contributed by atoms with Crippen LogP contribution in [0.2, 0.25) is 0 Å². The number of carbonyl (C=O) groups is 2. The number of aromatic nitrogens is 2. The van der Waals surface area contributed by atoms with E-state index in [0.717, 1.165) is 6.07 Å². The van der Waals surface area contributed by atoms with E-state index < -0.39 is 5.91 Å². The summed E-state index contributed by atoms with van der Waals surface area (Å²) in [5.41, 5.74) is 0.439. The number of rotatable bonds is 5. The van der Waals surface area contributed by atoms with Gasteiger partial charge in [0.05, 0.1) is 11.4 Å². The van der Waals surface area contributed by atoms with E-state index in [1.54, 1.807) is 24.3 Å². The Labute approximate surface area is 131 Å². The molecule has 0 aliphatic heterocycles. The number of ketones is 1. The Kier molecular flexibility index (Phi) is 5.11. The Balaban J connectivity index is 2.30. The molecular formula is C15H15N3O3S. The van der Waals surface area contributed by atoms with E-state index in [2.05, 4.69) is 15.3 Å². The Morgan fingerprint density at radius 2 is 2.05 bits per heavy atom. The molecule has 1 aromatic carbocycles. The van der Waals surface area contributed by atoms with E-state index in [9.17, 15) is 14.4 Å². The molecule has 114 valence electrons. The van der Waals surface area contributed by atoms with Gasteiger partial charge in [-0.05, 0) is 25.3 Å². The van der Waals surface area contributed by atoms with Crippen LogP contribution >= 0.6 is 11.8 Å². The minimum atomic E-state index is -0.526. The van der Waals surface area contributed by atoms with Crippen molar-refractivity contribution in [2.24, 2.45) is 0 Å². The molecule has 0 atom stereocenters. The standard InChI is InChI=1S/C15H15N3O3S/c1-9(19)10-5-3-4-6-11(10)17-15(21)12-7-14(20)18-13(16-12)8-22-2/h3-7H,8H2,1-2H3,(H,17,21)(H,16,18,20). The van der Waals surface area contributed by atoms with Gasteiger partial charge in [-0.25, -0.2) is 4.98 Å². The Bertz CT molecular complexity index is 771. The number of benzene rings is 1. The van der Waals surface area contributed by atoms with E-state index >= 15 is 0 Å². The van der Waals surface area contributed by atoms with Gasteiger partial charge in [0.1, 0.15) is 11.5 Å². The van der Waals surface area contributed by atoms with Gasteiger partial charge in [-0.2, -0.15) is 11.8 Å². The largest absolute Gasteiger partial charge is 0.320 e. The van der Waals surface area contributed by atoms with Crippen LogP contribution in [0.15, 0.2) is 35.1 Å². The highest BCUT2D eigenvalue weighted by Gasteiger charge is 2.13. The summed E-state index contributed by atoms with van der Waals surface area (Å²) >= 11 is 1.49. The van der Waals surface area contributed by atoms with Crippen molar-refractivity contribution in [2.75, 3.05) is 11.6 Å². The zero-order valence-corrected chi connectivity index (χ0v) is 13.0. The number of nitrogens with zero attached hydrogens (tertiary/aromatic N) is 1. The molecule has 0 saturated carbocycles. The van der Waals surface area contributed by atoms with Crippen LogP contribution in [-0.4, -0.2) is 27.9 Å². The molecule has 1 heterocycles. The number of Topliss-reactive ketones (excluding diaryl/α,β-unsaturated/α-hetero) is 1. The summed E-state index contributed by atoms with van der Waals surface area (Å²) < 4.78 is 0. The van der Waals surface area contributed by atoms with Gasteiger partial charge in [0.15, 0.2) is 5.78 Å². The van der Waals surface area contributed by atoms with Crippen molar-refractivity contribution < 1.29 is 9.59 Å². The molecule has 0 spiro atoms. The number of anilines is 1. The van der Waals surface area contributed by atoms with Crippen molar-refractivity contribution in [3.8, 4) is 0 Å². The Hall–Kier alpha value is -2.41. The summed E-state index contributed by atoms with van der Waals surface area (Å²) in [5.74, 6) is 0.255. The molecule has 2 N–H and O–H groups in total. The maximum Gasteiger partial charge on any atom is 0.274 e. The predicted molar refractivity (Wildman–Crippen MR) is 86.5 cm³/mol. The monoisotopic (exact) mass is 317 g/mol. The van der Waals surface area contributed by atoms with Crippen molar-refractivity contribution >= 4 is 29.1 Å². The van der Waals surface area contributed by atoms with Gasteiger partial charge in [-0.1, -0.05) is 12.1 Å². The second kappa shape index (κ2) is 7.04. The first-order valence-electron chi connectivity index (χ1n) is 6.51. The highest BCUT2D eigenvalue weighted by molar-refractivity contribution is 7.97. The molecule has 0 radical (unpaired) electrons. The molecule has 1 amide bonds. The third kappa shape index (κ3) is 3.82. The molecule has 0 fully saturated rings. The molecule has 2 aromatic rings. The van der Waals surface area contributed by atoms with Crippen LogP contribution in [0.5, 0.6) is 0 Å². The van der Waals surface area contributed by atoms with Gasteiger partial charge in [-0.3, -0.25) is 14.4 Å². The average molecular weight is 317 g/mol. The normalized spacial score (nSPS) is 10.3. The molecule has 0 aliphatic rings. The molecule has 1 aromatic heterocycles. The van der Waals surface area contributed by atoms with Gasteiger partial charge < -0.3 is 10.3 Å². The quantitative estimate of drug-likeness (QED) is 0.824. The number of thioether (sulfide) groups is 1. The molecule has 6 nitrogen and oxygen atoms in total. The summed E-state index contributed by atoms with van der Waals surface area (Å²) in [6.07, 6.45) is 1.87. The van der Waals surface area contributed by atoms with Gasteiger partial charge in [0.25, 0.3) is 11.5 Å². The highest BCUT2D eigenvalue weighted by atomic mass is 32.2. The lowest BCUT2D eigenvalue weighted by atomic mass is 10.1. The van der Waals surface area contributed by atoms with E-state index in [-0.39, 0.29) is 17.0 Å². The summed E-state index contributed by atoms with van der Waals surface area (Å²) in [6.45, 7) is 1.42. The summed E-state index contributed by atoms with van der Waals surface area (Å²) in [4.78, 5) is 42.1. The fourth-order valence-electron chi connectivity index (χ4n) is 1.91. The number of para-hydroxylation sites is 1. The van der Waals surface area contributed by atoms with Crippen molar-refractivity contribution in [1.82, 2.24) is 9.97 Å². The second-order valence-corrected chi connectivity index (χ2v) is 5.43. The summed E-state index contributed by atoms with van der Waals surface area (Å²) in [6, 6.07) is 7.82. The van der Waals surface area contributed by atoms with Crippen molar-refractivity contribution in [3.05, 3.63) is 57.8 Å². The molecule has 0 saturated heterocycles. The van der Waals surface area contributed by atoms with Crippen LogP contribution in [0.4, 0.5) is 5.69 Å². The first-order chi connectivity index (χ1) is 10.5. The summed E-state index contributed by atoms with van der Waals surface area (Å²) in [5, 5.41) is 2.62. The maximum atomic E-state index is 12.3. The number of nitrogens with one attached hydrogen (secondary N) is 2. The Morgan fingerprint density at radius 3 is 2.73 bits per heavy atom. The fourth-order valence-corrected chi connectivity index (χ4v) is 2.33. The third-order valence-electron chi connectivity index (χ3n) is 2.86. The minimum Gasteiger partial charge on any atom is -0.320 e. The first-order valence-corrected chi connectivity index (χ1v) is 7.91. The van der Waals surface area contributed by atoms with Crippen molar-refractivity contribution in [1.29, 1.82) is 0 Å². The third-order valence-corrected chi connectivity index (χ3v) is 3.42. The fraction of sp³-hybridized carbons (Fsp3) is 0.200. The van der Waals surface area contributed by atoms with Crippen molar-refractivity contribution in [3.63, 3.8) is 0 Å². The van der Waals surface area contributed by atoms with Crippen LogP contribution in [0, 0.1) is 0 Å². The Morgan fingerprint density at radius 1 is 1.32 bits per heavy atom. The minimum absolute atomic E-state index is 0.0196. The van der Waals surface area contributed by atoms with Gasteiger partial charge in [0, 0.05) is 11.6 Å². The van der Waals surface area contributed by atoms with Crippen LogP contribution in [-0.2, 0) is 5.75 Å². The number of hydrogen-bond acceptors (Lipinski definition) is 5. The number of H-pyrrole nitrogens is 1. The zero-order chi connectivity index (χ0) is 16.1. The van der Waals surface area contributed by atoms with Crippen LogP contribution < -0.4 is 10.9 Å². The van der Waals surface area contributed by atoms with Gasteiger partial charge >= 0.3 is 0 Å². The molecule has 0 bridgehead atoms. The molecule has 22 heavy (non-hydrogen) atoms. The van der Waals surface area contributed by atoms with E-state index in [0.29, 0.717) is 22.8 Å². The van der Waals surface area contributed by atoms with E-state index in [1.807, 2.05) is 6.26 Å². The lowest BCUT2D eigenvalue weighted by Crippen LogP contribution is -2.21.